The standard InChI is InChI=1S/C63H40N2O2/c1-63(2)50-27-15-26-49-59(50)61-58-46(23-14-25-48(58)62(49)65(38-18-7-4-8-19-38)40-31-33-44-42-21-10-12-29-54(42)67-56(44)35-40)45-22-13-24-47-52(36-51(63)60(61)57(45)47)64(37-16-5-3-6-17-37)39-30-32-43-41-20-9-11-28-53(41)66-55(43)34-39/h3-36H,1-2H3. The molecule has 2 aromatic heterocycles. The third-order valence-corrected chi connectivity index (χ3v) is 14.9. The lowest BCUT2D eigenvalue weighted by Gasteiger charge is -2.38. The molecule has 0 N–H and O–H groups in total. The average Bonchev–Trinajstić information content (AvgIpc) is 3.94. The van der Waals surface area contributed by atoms with E-state index < -0.39 is 0 Å². The molecule has 14 aromatic rings. The van der Waals surface area contributed by atoms with Crippen LogP contribution in [0.1, 0.15) is 25.0 Å². The molecule has 0 radical (unpaired) electrons. The lowest BCUT2D eigenvalue weighted by Crippen LogP contribution is -2.24. The molecule has 4 heteroatoms. The number of nitrogens with zero attached hydrogens (tertiary/aromatic N) is 2. The second kappa shape index (κ2) is 13.2. The Hall–Kier alpha value is -8.60. The minimum atomic E-state index is -0.370. The van der Waals surface area contributed by atoms with Crippen LogP contribution >= 0.6 is 0 Å². The minimum Gasteiger partial charge on any atom is -0.456 e. The third-order valence-electron chi connectivity index (χ3n) is 14.9. The first-order chi connectivity index (χ1) is 33.0. The Morgan fingerprint density at radius 1 is 0.299 bits per heavy atom. The van der Waals surface area contributed by atoms with Crippen molar-refractivity contribution < 1.29 is 8.83 Å². The Morgan fingerprint density at radius 3 is 1.39 bits per heavy atom. The molecule has 67 heavy (non-hydrogen) atoms. The summed E-state index contributed by atoms with van der Waals surface area (Å²) in [7, 11) is 0. The predicted molar refractivity (Wildman–Crippen MR) is 281 cm³/mol. The first-order valence-corrected chi connectivity index (χ1v) is 23.2. The number of hydrogen-bond donors (Lipinski definition) is 0. The van der Waals surface area contributed by atoms with Crippen molar-refractivity contribution >= 4 is 132 Å². The molecule has 0 saturated carbocycles. The predicted octanol–water partition coefficient (Wildman–Crippen LogP) is 18.3. The molecule has 0 atom stereocenters. The number of benzene rings is 12. The van der Waals surface area contributed by atoms with E-state index in [9.17, 15) is 0 Å². The summed E-state index contributed by atoms with van der Waals surface area (Å²) in [5, 5.41) is 17.2. The van der Waals surface area contributed by atoms with Gasteiger partial charge in [-0.1, -0.05) is 141 Å². The first kappa shape index (κ1) is 36.7. The summed E-state index contributed by atoms with van der Waals surface area (Å²) in [6.45, 7) is 4.86. The highest BCUT2D eigenvalue weighted by atomic mass is 16.3. The quantitative estimate of drug-likeness (QED) is 0.123. The Bertz CT molecular complexity index is 4370. The van der Waals surface area contributed by atoms with Crippen LogP contribution < -0.4 is 9.80 Å². The topological polar surface area (TPSA) is 32.8 Å². The molecule has 0 unspecified atom stereocenters. The van der Waals surface area contributed by atoms with E-state index in [1.807, 2.05) is 12.1 Å². The summed E-state index contributed by atoms with van der Waals surface area (Å²) in [5.41, 5.74) is 12.4. The summed E-state index contributed by atoms with van der Waals surface area (Å²) in [6.07, 6.45) is 0. The zero-order valence-corrected chi connectivity index (χ0v) is 36.8. The molecule has 0 saturated heterocycles. The molecule has 0 spiro atoms. The number of hydrogen-bond acceptors (Lipinski definition) is 4. The van der Waals surface area contributed by atoms with Crippen molar-refractivity contribution in [3.05, 3.63) is 217 Å². The zero-order valence-electron chi connectivity index (χ0n) is 36.8. The normalized spacial score (nSPS) is 13.3. The van der Waals surface area contributed by atoms with Crippen molar-refractivity contribution in [2.75, 3.05) is 9.80 Å². The Morgan fingerprint density at radius 2 is 0.761 bits per heavy atom. The fourth-order valence-electron chi connectivity index (χ4n) is 12.0. The van der Waals surface area contributed by atoms with E-state index in [-0.39, 0.29) is 5.41 Å². The van der Waals surface area contributed by atoms with Crippen LogP contribution in [0.2, 0.25) is 0 Å². The Kier molecular flexibility index (Phi) is 7.26. The summed E-state index contributed by atoms with van der Waals surface area (Å²) in [5.74, 6) is 0. The van der Waals surface area contributed by atoms with Gasteiger partial charge in [0.2, 0.25) is 0 Å². The molecule has 314 valence electrons. The Labute approximate surface area is 385 Å². The molecular formula is C63H40N2O2. The maximum atomic E-state index is 6.56. The van der Waals surface area contributed by atoms with Gasteiger partial charge in [-0.05, 0) is 110 Å². The van der Waals surface area contributed by atoms with Gasteiger partial charge in [-0.15, -0.1) is 0 Å². The number of anilines is 6. The van der Waals surface area contributed by atoms with Crippen molar-refractivity contribution in [1.82, 2.24) is 0 Å². The van der Waals surface area contributed by atoms with Gasteiger partial charge in [0.05, 0.1) is 11.4 Å². The van der Waals surface area contributed by atoms with Crippen LogP contribution in [-0.2, 0) is 5.41 Å². The molecular weight excluding hydrogens is 817 g/mol. The maximum absolute atomic E-state index is 6.56. The highest BCUT2D eigenvalue weighted by molar-refractivity contribution is 6.43. The van der Waals surface area contributed by atoms with Crippen LogP contribution in [0.4, 0.5) is 34.1 Å². The van der Waals surface area contributed by atoms with E-state index in [1.54, 1.807) is 0 Å². The van der Waals surface area contributed by atoms with Crippen molar-refractivity contribution in [3.63, 3.8) is 0 Å². The molecule has 12 aromatic carbocycles. The van der Waals surface area contributed by atoms with Crippen LogP contribution in [0.25, 0.3) is 97.7 Å². The summed E-state index contributed by atoms with van der Waals surface area (Å²) >= 11 is 0. The lowest BCUT2D eigenvalue weighted by atomic mass is 9.67. The molecule has 1 aliphatic carbocycles. The number of furan rings is 2. The number of fused-ring (bicyclic) bond motifs is 7. The van der Waals surface area contributed by atoms with Crippen LogP contribution in [0, 0.1) is 0 Å². The SMILES string of the molecule is CC1(C)c2cccc3c(N(c4ccccc4)c4ccc5c(c4)oc4ccccc45)c4cccc5c6cccc7c(N(c8ccccc8)c8ccc9c(c8)oc8ccccc89)cc1c(c76)c(c23)c45. The van der Waals surface area contributed by atoms with Crippen LogP contribution in [0.15, 0.2) is 215 Å². The molecule has 2 heterocycles. The molecule has 15 rings (SSSR count). The molecule has 0 aliphatic heterocycles. The summed E-state index contributed by atoms with van der Waals surface area (Å²) < 4.78 is 13.1. The largest absolute Gasteiger partial charge is 0.456 e. The Balaban J connectivity index is 1.06. The second-order valence-electron chi connectivity index (χ2n) is 18.8. The molecule has 1 aliphatic rings. The fraction of sp³-hybridized carbons (Fsp3) is 0.0476. The van der Waals surface area contributed by atoms with Gasteiger partial charge in [0, 0.05) is 83.4 Å². The maximum Gasteiger partial charge on any atom is 0.137 e. The van der Waals surface area contributed by atoms with Crippen molar-refractivity contribution in [2.24, 2.45) is 0 Å². The van der Waals surface area contributed by atoms with E-state index in [1.165, 1.54) is 70.7 Å². The van der Waals surface area contributed by atoms with Gasteiger partial charge >= 0.3 is 0 Å². The van der Waals surface area contributed by atoms with Gasteiger partial charge in [-0.2, -0.15) is 0 Å². The van der Waals surface area contributed by atoms with E-state index >= 15 is 0 Å². The van der Waals surface area contributed by atoms with Gasteiger partial charge in [-0.3, -0.25) is 0 Å². The summed E-state index contributed by atoms with van der Waals surface area (Å²) in [4.78, 5) is 4.90. The third kappa shape index (κ3) is 4.91. The first-order valence-electron chi connectivity index (χ1n) is 23.2. The molecule has 0 amide bonds. The van der Waals surface area contributed by atoms with Gasteiger partial charge in [0.15, 0.2) is 0 Å². The second-order valence-corrected chi connectivity index (χ2v) is 18.8. The summed E-state index contributed by atoms with van der Waals surface area (Å²) in [6, 6.07) is 75.1. The molecule has 4 nitrogen and oxygen atoms in total. The van der Waals surface area contributed by atoms with Crippen LogP contribution in [0.5, 0.6) is 0 Å². The van der Waals surface area contributed by atoms with Crippen molar-refractivity contribution in [2.45, 2.75) is 19.3 Å². The molecule has 0 bridgehead atoms. The number of rotatable bonds is 6. The monoisotopic (exact) mass is 856 g/mol. The fourth-order valence-corrected chi connectivity index (χ4v) is 12.0. The van der Waals surface area contributed by atoms with Crippen LogP contribution in [-0.4, -0.2) is 0 Å². The van der Waals surface area contributed by atoms with Gasteiger partial charge in [-0.25, -0.2) is 0 Å². The average molecular weight is 857 g/mol. The van der Waals surface area contributed by atoms with Crippen LogP contribution in [0.3, 0.4) is 0 Å². The van der Waals surface area contributed by atoms with Gasteiger partial charge in [0.25, 0.3) is 0 Å². The minimum absolute atomic E-state index is 0.370. The van der Waals surface area contributed by atoms with Gasteiger partial charge < -0.3 is 18.6 Å². The zero-order chi connectivity index (χ0) is 44.1. The highest BCUT2D eigenvalue weighted by Crippen LogP contribution is 2.59. The van der Waals surface area contributed by atoms with Crippen molar-refractivity contribution in [3.8, 4) is 0 Å². The smallest absolute Gasteiger partial charge is 0.137 e. The van der Waals surface area contributed by atoms with E-state index in [4.69, 9.17) is 8.83 Å². The lowest BCUT2D eigenvalue weighted by molar-refractivity contribution is 0.652. The van der Waals surface area contributed by atoms with E-state index in [2.05, 4.69) is 218 Å². The van der Waals surface area contributed by atoms with Crippen molar-refractivity contribution in [1.29, 1.82) is 0 Å². The highest BCUT2D eigenvalue weighted by Gasteiger charge is 2.37. The van der Waals surface area contributed by atoms with E-state index in [0.29, 0.717) is 0 Å². The van der Waals surface area contributed by atoms with E-state index in [0.717, 1.165) is 72.3 Å². The van der Waals surface area contributed by atoms with Gasteiger partial charge in [0.1, 0.15) is 22.3 Å². The number of para-hydroxylation sites is 4. The molecule has 0 fully saturated rings.